The van der Waals surface area contributed by atoms with Crippen LogP contribution >= 0.6 is 0 Å². The van der Waals surface area contributed by atoms with Gasteiger partial charge in [0.25, 0.3) is 5.60 Å². The van der Waals surface area contributed by atoms with Gasteiger partial charge in [0.1, 0.15) is 37.1 Å². The molecule has 0 spiro atoms. The molecule has 3 aliphatic rings. The van der Waals surface area contributed by atoms with E-state index in [0.29, 0.717) is 45.3 Å². The van der Waals surface area contributed by atoms with Crippen LogP contribution in [0, 0.1) is 35.5 Å². The van der Waals surface area contributed by atoms with E-state index in [9.17, 15) is 175 Å². The van der Waals surface area contributed by atoms with Crippen LogP contribution in [0.15, 0.2) is 72.9 Å². The highest BCUT2D eigenvalue weighted by atomic mass is 32.2. The average molecular weight is 1860 g/mol. The lowest BCUT2D eigenvalue weighted by Crippen LogP contribution is -2.69. The van der Waals surface area contributed by atoms with Crippen molar-refractivity contribution < 1.29 is 204 Å². The number of halogens is 21. The zero-order chi connectivity index (χ0) is 97.1. The van der Waals surface area contributed by atoms with Crippen molar-refractivity contribution in [2.45, 2.75) is 321 Å². The summed E-state index contributed by atoms with van der Waals surface area (Å²) in [5.41, 5.74) is -22.5. The number of carbonyl (C=O) groups is 6. The smallest absolute Gasteiger partial charge is 0.426 e. The highest BCUT2D eigenvalue weighted by Gasteiger charge is 2.77. The number of esters is 6. The summed E-state index contributed by atoms with van der Waals surface area (Å²) in [5, 5.41) is 87.5. The van der Waals surface area contributed by atoms with Gasteiger partial charge in [-0.3, -0.25) is 0 Å². The minimum absolute atomic E-state index is 0. The van der Waals surface area contributed by atoms with Crippen molar-refractivity contribution in [3.63, 3.8) is 0 Å². The molecule has 3 aliphatic carbocycles. The molecular formula is C77H120F21NO23S. The number of hydrogen-bond acceptors (Lipinski definition) is 23. The Kier molecular flexibility index (Phi) is 48.1. The van der Waals surface area contributed by atoms with Gasteiger partial charge in [-0.2, -0.15) is 92.2 Å². The molecule has 16 atom stereocenters. The maximum atomic E-state index is 13.2. The summed E-state index contributed by atoms with van der Waals surface area (Å²) >= 11 is 0. The summed E-state index contributed by atoms with van der Waals surface area (Å²) < 4.78 is 327. The maximum absolute atomic E-state index is 13.2. The van der Waals surface area contributed by atoms with Crippen LogP contribution in [0.3, 0.4) is 0 Å². The van der Waals surface area contributed by atoms with Gasteiger partial charge in [0.15, 0.2) is 28.0 Å². The molecule has 0 radical (unpaired) electrons. The topological polar surface area (TPSA) is 386 Å². The average Bonchev–Trinajstić information content (AvgIpc) is 0.721. The van der Waals surface area contributed by atoms with Crippen LogP contribution in [0.5, 0.6) is 0 Å². The molecule has 0 aromatic heterocycles. The van der Waals surface area contributed by atoms with Gasteiger partial charge in [-0.15, -0.1) is 0 Å². The Balaban J connectivity index is -0.000000463. The Bertz CT molecular complexity index is 3560. The summed E-state index contributed by atoms with van der Waals surface area (Å²) in [6.45, 7) is 39.4. The predicted molar refractivity (Wildman–Crippen MR) is 403 cm³/mol. The van der Waals surface area contributed by atoms with Crippen molar-refractivity contribution >= 4 is 45.8 Å². The number of aliphatic hydroxyl groups is 9. The van der Waals surface area contributed by atoms with E-state index < -0.39 is 233 Å². The zero-order valence-corrected chi connectivity index (χ0v) is 70.3. The van der Waals surface area contributed by atoms with Gasteiger partial charge in [0.2, 0.25) is 10.0 Å². The fourth-order valence-electron chi connectivity index (χ4n) is 11.7. The third-order valence-corrected chi connectivity index (χ3v) is 19.7. The van der Waals surface area contributed by atoms with E-state index >= 15 is 0 Å². The molecule has 0 bridgehead atoms. The lowest BCUT2D eigenvalue weighted by Gasteiger charge is -2.50. The highest BCUT2D eigenvalue weighted by molar-refractivity contribution is 7.88. The Labute approximate surface area is 701 Å². The number of rotatable bonds is 26. The van der Waals surface area contributed by atoms with E-state index in [0.717, 1.165) is 13.2 Å². The molecule has 0 aliphatic heterocycles. The van der Waals surface area contributed by atoms with Crippen LogP contribution in [-0.4, -0.2) is 235 Å². The number of sulfonamides is 1. The summed E-state index contributed by atoms with van der Waals surface area (Å²) in [6, 6.07) is 0. The second kappa shape index (κ2) is 47.4. The monoisotopic (exact) mass is 1860 g/mol. The normalized spacial score (nSPS) is 23.3. The molecule has 24 nitrogen and oxygen atoms in total. The second-order valence-electron chi connectivity index (χ2n) is 32.0. The third-order valence-electron chi connectivity index (χ3n) is 19.0. The van der Waals surface area contributed by atoms with Crippen molar-refractivity contribution in [3.05, 3.63) is 72.9 Å². The molecule has 0 amide bonds. The van der Waals surface area contributed by atoms with Gasteiger partial charge in [0.05, 0.1) is 24.1 Å². The molecule has 0 heterocycles. The fourth-order valence-corrected chi connectivity index (χ4v) is 12.1. The van der Waals surface area contributed by atoms with Gasteiger partial charge in [-0.25, -0.2) is 41.9 Å². The van der Waals surface area contributed by atoms with E-state index in [2.05, 4.69) is 53.7 Å². The zero-order valence-electron chi connectivity index (χ0n) is 69.5. The highest BCUT2D eigenvalue weighted by Crippen LogP contribution is 2.56. The number of alkyl halides is 21. The molecule has 0 aromatic rings. The van der Waals surface area contributed by atoms with E-state index in [1.807, 2.05) is 0 Å². The van der Waals surface area contributed by atoms with Gasteiger partial charge in [-0.05, 0) is 161 Å². The first-order chi connectivity index (χ1) is 53.4. The van der Waals surface area contributed by atoms with Crippen molar-refractivity contribution in [2.75, 3.05) is 19.4 Å². The first-order valence-corrected chi connectivity index (χ1v) is 38.3. The number of aliphatic hydroxyl groups excluding tert-OH is 2. The number of carbonyl (C=O) groups excluding carboxylic acids is 6. The number of hydrogen-bond donors (Lipinski definition) is 10. The molecule has 16 unspecified atom stereocenters. The number of ether oxygens (including phenoxy) is 6. The van der Waals surface area contributed by atoms with Crippen molar-refractivity contribution in [1.29, 1.82) is 0 Å². The second-order valence-corrected chi connectivity index (χ2v) is 33.9. The Hall–Kier alpha value is -6.66. The largest absolute Gasteiger partial charge is 0.461 e. The molecule has 3 rings (SSSR count). The van der Waals surface area contributed by atoms with E-state index in [1.165, 1.54) is 27.7 Å². The molecule has 0 aromatic carbocycles. The van der Waals surface area contributed by atoms with Gasteiger partial charge < -0.3 is 74.4 Å². The quantitative estimate of drug-likeness (QED) is 0.0126. The lowest BCUT2D eigenvalue weighted by atomic mass is 9.64. The Morgan fingerprint density at radius 3 is 1.04 bits per heavy atom. The van der Waals surface area contributed by atoms with Crippen LogP contribution in [-0.2, 0) is 67.2 Å². The van der Waals surface area contributed by atoms with Gasteiger partial charge in [0, 0.05) is 82.4 Å². The van der Waals surface area contributed by atoms with Crippen LogP contribution in [0.1, 0.15) is 196 Å². The molecule has 3 fully saturated rings. The summed E-state index contributed by atoms with van der Waals surface area (Å²) in [7, 11) is -3.21. The molecule has 724 valence electrons. The van der Waals surface area contributed by atoms with Crippen LogP contribution in [0.2, 0.25) is 0 Å². The van der Waals surface area contributed by atoms with Crippen molar-refractivity contribution in [2.24, 2.45) is 35.5 Å². The molecule has 10 N–H and O–H groups in total. The van der Waals surface area contributed by atoms with Gasteiger partial charge >= 0.3 is 79.0 Å². The third kappa shape index (κ3) is 39.6. The predicted octanol–water partition coefficient (Wildman–Crippen LogP) is 14.3. The number of nitrogens with one attached hydrogen (secondary N) is 1. The fraction of sp³-hybridized carbons (Fsp3) is 0.766. The lowest BCUT2D eigenvalue weighted by molar-refractivity contribution is -0.400. The summed E-state index contributed by atoms with van der Waals surface area (Å²) in [4.78, 5) is 67.8. The van der Waals surface area contributed by atoms with E-state index in [4.69, 9.17) is 18.9 Å². The SMILES string of the molecule is C.C.C=C(C)C(=O)OC(C)CC(C)(C)O.C=C(C)C(=O)OC(CC(C)C)CC(C)(O)C(F)(F)F.C=C(C)C(=O)OC1CC(C(C)(O)C(F)(F)F)C(O)C(C(O)(C(F)(F)F)C(F)(F)F)C1.C=C(C)C(=O)OC1CC(C(C)(O)C(F)(F)F)CC(C(C)(O)C(F)(F)F)C1.C=C(C)C(=O)OC1CCC(O)C(C(C)(O)C(F)(F)F)C1.C=C(C)C(=O)OCCNS(C)(=O)=O. The van der Waals surface area contributed by atoms with Crippen LogP contribution in [0.4, 0.5) is 92.2 Å². The first kappa shape index (κ1) is 125. The molecule has 46 heteroatoms. The first-order valence-electron chi connectivity index (χ1n) is 36.4. The Morgan fingerprint density at radius 1 is 0.415 bits per heavy atom. The maximum Gasteiger partial charge on any atom is 0.426 e. The van der Waals surface area contributed by atoms with Gasteiger partial charge in [-0.1, -0.05) is 68.2 Å². The van der Waals surface area contributed by atoms with E-state index in [-0.39, 0.29) is 94.9 Å². The summed E-state index contributed by atoms with van der Waals surface area (Å²) in [6.07, 6.45) is -51.4. The molecule has 123 heavy (non-hydrogen) atoms. The minimum atomic E-state index is -6.47. The van der Waals surface area contributed by atoms with Crippen LogP contribution < -0.4 is 4.72 Å². The molecule has 0 saturated heterocycles. The van der Waals surface area contributed by atoms with Crippen LogP contribution in [0.25, 0.3) is 0 Å². The standard InChI is InChI=1S/C16H19F9O5.C16H22F6O4.C13H19F3O4.C13H21F3O3.C10H18O3.C7H13NO4S.2CH4/c1-6(2)11(27)30-7-4-8(12(3,28)14(17,18)19)10(26)9(5-7)13(29,15(20,21)22)16(23,24)25;1-8(2)12(23)26-11-6-9(13(3,24)15(17,18)19)5-10(7-11)14(4,25)16(20,21)22;1-7(2)11(18)20-8-4-5-10(17)9(6-8)12(3,19)13(14,15)16;1-8(2)6-10(19-11(17)9(3)4)7-12(5,18)13(14,15)16;1-7(2)9(11)13-8(3)6-10(4,5)12;1-6(2)7(9)12-5-4-8-13(3,10)11;;/h7-10,26,28-29H,1,4-5H2,2-3H3;9-11,24-25H,1,5-7H2,2-4H3;8-10,17,19H,1,4-6H2,2-3H3;8,10,18H,3,6-7H2,1-2,4-5H3;8,12H,1,6H2,2-5H3;8H,1,4-5H2,2-3H3;2*1H4. The van der Waals surface area contributed by atoms with Crippen molar-refractivity contribution in [1.82, 2.24) is 4.72 Å². The molecule has 3 saturated carbocycles. The Morgan fingerprint density at radius 2 is 0.732 bits per heavy atom. The minimum Gasteiger partial charge on any atom is -0.461 e. The van der Waals surface area contributed by atoms with E-state index in [1.54, 1.807) is 41.5 Å². The van der Waals surface area contributed by atoms with Crippen molar-refractivity contribution in [3.8, 4) is 0 Å². The summed E-state index contributed by atoms with van der Waals surface area (Å²) in [5.74, 6) is -15.5. The molecular weight excluding hydrogens is 1740 g/mol.